The fourth-order valence-corrected chi connectivity index (χ4v) is 6.13. The number of rotatable bonds is 5. The SMILES string of the molecule is O=S1(=O)CCC(CN=C(NC2CC2)NC2CCC(c3ccccc3)CC2)C1. The molecule has 4 rings (SSSR count). The normalized spacial score (nSPS) is 30.8. The molecule has 1 unspecified atom stereocenters. The first kappa shape index (κ1) is 18.8. The highest BCUT2D eigenvalue weighted by Crippen LogP contribution is 2.32. The first-order valence-electron chi connectivity index (χ1n) is 10.4. The van der Waals surface area contributed by atoms with Crippen LogP contribution < -0.4 is 10.6 Å². The van der Waals surface area contributed by atoms with Crippen molar-refractivity contribution in [2.75, 3.05) is 18.1 Å². The molecule has 27 heavy (non-hydrogen) atoms. The third kappa shape index (κ3) is 5.47. The van der Waals surface area contributed by atoms with E-state index in [-0.39, 0.29) is 5.92 Å². The van der Waals surface area contributed by atoms with E-state index >= 15 is 0 Å². The number of sulfone groups is 1. The van der Waals surface area contributed by atoms with Gasteiger partial charge in [-0.1, -0.05) is 30.3 Å². The van der Waals surface area contributed by atoms with E-state index < -0.39 is 9.84 Å². The Hall–Kier alpha value is -1.56. The van der Waals surface area contributed by atoms with Crippen molar-refractivity contribution in [2.24, 2.45) is 10.9 Å². The molecule has 0 radical (unpaired) electrons. The van der Waals surface area contributed by atoms with Crippen molar-refractivity contribution in [3.63, 3.8) is 0 Å². The van der Waals surface area contributed by atoms with Crippen LogP contribution in [0.5, 0.6) is 0 Å². The lowest BCUT2D eigenvalue weighted by atomic mass is 9.82. The van der Waals surface area contributed by atoms with Crippen molar-refractivity contribution in [1.29, 1.82) is 0 Å². The molecule has 3 aliphatic rings. The second-order valence-corrected chi connectivity index (χ2v) is 10.7. The molecule has 0 spiro atoms. The van der Waals surface area contributed by atoms with E-state index in [4.69, 9.17) is 4.99 Å². The fourth-order valence-electron chi connectivity index (χ4n) is 4.28. The fraction of sp³-hybridized carbons (Fsp3) is 0.667. The number of benzene rings is 1. The van der Waals surface area contributed by atoms with E-state index in [9.17, 15) is 8.42 Å². The number of aliphatic imine (C=N–C) groups is 1. The van der Waals surface area contributed by atoms with E-state index in [1.165, 1.54) is 31.2 Å². The Morgan fingerprint density at radius 1 is 0.926 bits per heavy atom. The molecular weight excluding hydrogens is 358 g/mol. The van der Waals surface area contributed by atoms with Crippen LogP contribution in [0.2, 0.25) is 0 Å². The Labute approximate surface area is 163 Å². The topological polar surface area (TPSA) is 70.6 Å². The van der Waals surface area contributed by atoms with Crippen molar-refractivity contribution < 1.29 is 8.42 Å². The van der Waals surface area contributed by atoms with E-state index in [2.05, 4.69) is 41.0 Å². The summed E-state index contributed by atoms with van der Waals surface area (Å²) in [6, 6.07) is 11.8. The Kier molecular flexibility index (Phi) is 5.71. The van der Waals surface area contributed by atoms with Gasteiger partial charge < -0.3 is 10.6 Å². The van der Waals surface area contributed by atoms with Crippen LogP contribution in [0.4, 0.5) is 0 Å². The summed E-state index contributed by atoms with van der Waals surface area (Å²) < 4.78 is 23.3. The van der Waals surface area contributed by atoms with Crippen molar-refractivity contribution in [2.45, 2.75) is 62.9 Å². The van der Waals surface area contributed by atoms with E-state index in [0.717, 1.165) is 25.2 Å². The minimum Gasteiger partial charge on any atom is -0.354 e. The minimum atomic E-state index is -2.82. The summed E-state index contributed by atoms with van der Waals surface area (Å²) in [6.07, 6.45) is 7.90. The van der Waals surface area contributed by atoms with Gasteiger partial charge in [-0.05, 0) is 62.3 Å². The molecule has 148 valence electrons. The van der Waals surface area contributed by atoms with Gasteiger partial charge in [0.2, 0.25) is 0 Å². The summed E-state index contributed by atoms with van der Waals surface area (Å²) >= 11 is 0. The monoisotopic (exact) mass is 389 g/mol. The van der Waals surface area contributed by atoms with Crippen LogP contribution in [-0.4, -0.2) is 44.5 Å². The zero-order valence-electron chi connectivity index (χ0n) is 15.9. The Morgan fingerprint density at radius 2 is 1.56 bits per heavy atom. The molecule has 1 heterocycles. The van der Waals surface area contributed by atoms with Crippen LogP contribution in [0.3, 0.4) is 0 Å². The quantitative estimate of drug-likeness (QED) is 0.600. The van der Waals surface area contributed by atoms with E-state index in [0.29, 0.717) is 36.1 Å². The molecule has 0 aromatic heterocycles. The summed E-state index contributed by atoms with van der Waals surface area (Å²) in [4.78, 5) is 4.75. The third-order valence-electron chi connectivity index (χ3n) is 6.09. The van der Waals surface area contributed by atoms with E-state index in [1.54, 1.807) is 0 Å². The van der Waals surface area contributed by atoms with Crippen LogP contribution in [0.25, 0.3) is 0 Å². The molecule has 0 bridgehead atoms. The maximum atomic E-state index is 11.7. The predicted octanol–water partition coefficient (Wildman–Crippen LogP) is 2.85. The van der Waals surface area contributed by atoms with E-state index in [1.807, 2.05) is 0 Å². The zero-order chi connectivity index (χ0) is 18.7. The molecule has 2 saturated carbocycles. The van der Waals surface area contributed by atoms with Crippen LogP contribution in [0.1, 0.15) is 56.4 Å². The highest BCUT2D eigenvalue weighted by Gasteiger charge is 2.29. The first-order valence-corrected chi connectivity index (χ1v) is 12.2. The van der Waals surface area contributed by atoms with Gasteiger partial charge in [0.05, 0.1) is 11.5 Å². The lowest BCUT2D eigenvalue weighted by molar-refractivity contribution is 0.371. The van der Waals surface area contributed by atoms with Crippen LogP contribution in [0.15, 0.2) is 35.3 Å². The standard InChI is InChI=1S/C21H31N3O2S/c25-27(26)13-12-16(15-27)14-22-21(24-20-10-11-20)23-19-8-6-18(7-9-19)17-4-2-1-3-5-17/h1-5,16,18-20H,6-15H2,(H2,22,23,24). The molecule has 6 heteroatoms. The number of hydrogen-bond donors (Lipinski definition) is 2. The van der Waals surface area contributed by atoms with Gasteiger partial charge >= 0.3 is 0 Å². The predicted molar refractivity (Wildman–Crippen MR) is 110 cm³/mol. The van der Waals surface area contributed by atoms with Crippen molar-refractivity contribution >= 4 is 15.8 Å². The van der Waals surface area contributed by atoms with Gasteiger partial charge in [0.15, 0.2) is 15.8 Å². The summed E-state index contributed by atoms with van der Waals surface area (Å²) in [5.74, 6) is 2.38. The van der Waals surface area contributed by atoms with Gasteiger partial charge in [0, 0.05) is 18.6 Å². The number of guanidine groups is 1. The molecule has 1 aromatic rings. The second kappa shape index (κ2) is 8.21. The average molecular weight is 390 g/mol. The Morgan fingerprint density at radius 3 is 2.11 bits per heavy atom. The average Bonchev–Trinajstić information content (AvgIpc) is 3.42. The number of nitrogens with one attached hydrogen (secondary N) is 2. The summed E-state index contributed by atoms with van der Waals surface area (Å²) in [5.41, 5.74) is 1.46. The van der Waals surface area contributed by atoms with Crippen LogP contribution in [-0.2, 0) is 9.84 Å². The van der Waals surface area contributed by atoms with Gasteiger partial charge in [-0.3, -0.25) is 4.99 Å². The smallest absolute Gasteiger partial charge is 0.191 e. The molecule has 1 aliphatic heterocycles. The Bertz CT molecular complexity index is 751. The third-order valence-corrected chi connectivity index (χ3v) is 7.93. The molecule has 1 atom stereocenters. The van der Waals surface area contributed by atoms with Gasteiger partial charge in [-0.25, -0.2) is 8.42 Å². The minimum absolute atomic E-state index is 0.182. The molecule has 5 nitrogen and oxygen atoms in total. The lowest BCUT2D eigenvalue weighted by Crippen LogP contribution is -2.45. The zero-order valence-corrected chi connectivity index (χ0v) is 16.8. The second-order valence-electron chi connectivity index (χ2n) is 8.48. The summed E-state index contributed by atoms with van der Waals surface area (Å²) in [6.45, 7) is 0.612. The molecule has 2 aliphatic carbocycles. The lowest BCUT2D eigenvalue weighted by Gasteiger charge is -2.30. The van der Waals surface area contributed by atoms with Crippen LogP contribution >= 0.6 is 0 Å². The van der Waals surface area contributed by atoms with Crippen molar-refractivity contribution in [3.05, 3.63) is 35.9 Å². The van der Waals surface area contributed by atoms with Gasteiger partial charge in [-0.2, -0.15) is 0 Å². The largest absolute Gasteiger partial charge is 0.354 e. The maximum absolute atomic E-state index is 11.7. The molecule has 1 saturated heterocycles. The van der Waals surface area contributed by atoms with Gasteiger partial charge in [0.25, 0.3) is 0 Å². The Balaban J connectivity index is 1.30. The highest BCUT2D eigenvalue weighted by molar-refractivity contribution is 7.91. The molecule has 1 aromatic carbocycles. The summed E-state index contributed by atoms with van der Waals surface area (Å²) in [7, 11) is -2.82. The summed E-state index contributed by atoms with van der Waals surface area (Å²) in [5, 5.41) is 7.15. The number of nitrogens with zero attached hydrogens (tertiary/aromatic N) is 1. The molecule has 0 amide bonds. The number of hydrogen-bond acceptors (Lipinski definition) is 3. The van der Waals surface area contributed by atoms with Crippen LogP contribution in [0, 0.1) is 5.92 Å². The maximum Gasteiger partial charge on any atom is 0.191 e. The van der Waals surface area contributed by atoms with Crippen molar-refractivity contribution in [3.8, 4) is 0 Å². The van der Waals surface area contributed by atoms with Gasteiger partial charge in [-0.15, -0.1) is 0 Å². The first-order chi connectivity index (χ1) is 13.1. The highest BCUT2D eigenvalue weighted by atomic mass is 32.2. The van der Waals surface area contributed by atoms with Gasteiger partial charge in [0.1, 0.15) is 0 Å². The van der Waals surface area contributed by atoms with Crippen molar-refractivity contribution in [1.82, 2.24) is 10.6 Å². The molecule has 2 N–H and O–H groups in total. The molecule has 3 fully saturated rings. The molecular formula is C21H31N3O2S.